The molecule has 10 heteroatoms. The van der Waals surface area contributed by atoms with Gasteiger partial charge >= 0.3 is 12.1 Å². The summed E-state index contributed by atoms with van der Waals surface area (Å²) in [5.74, 6) is -2.15. The highest BCUT2D eigenvalue weighted by molar-refractivity contribution is 5.92. The molecule has 1 aromatic rings. The minimum absolute atomic E-state index is 0.0247. The van der Waals surface area contributed by atoms with Gasteiger partial charge in [-0.25, -0.2) is 4.79 Å². The molecule has 1 spiro atoms. The van der Waals surface area contributed by atoms with Gasteiger partial charge in [0.25, 0.3) is 5.91 Å². The number of halogens is 3. The second-order valence-electron chi connectivity index (χ2n) is 8.59. The number of ether oxygens (including phenoxy) is 1. The van der Waals surface area contributed by atoms with Gasteiger partial charge in [-0.05, 0) is 43.7 Å². The van der Waals surface area contributed by atoms with Gasteiger partial charge < -0.3 is 19.7 Å². The lowest BCUT2D eigenvalue weighted by atomic mass is 9.78. The van der Waals surface area contributed by atoms with E-state index in [9.17, 15) is 18.0 Å². The summed E-state index contributed by atoms with van der Waals surface area (Å²) in [5, 5.41) is 10.2. The van der Waals surface area contributed by atoms with Gasteiger partial charge in [0.15, 0.2) is 0 Å². The number of aromatic nitrogens is 1. The average molecular weight is 445 g/mol. The Bertz CT molecular complexity index is 768. The molecule has 7 nitrogen and oxygen atoms in total. The van der Waals surface area contributed by atoms with E-state index in [1.165, 1.54) is 25.7 Å². The van der Waals surface area contributed by atoms with Crippen molar-refractivity contribution in [3.05, 3.63) is 24.0 Å². The molecule has 1 aliphatic carbocycles. The molecule has 1 unspecified atom stereocenters. The third kappa shape index (κ3) is 5.60. The fourth-order valence-electron chi connectivity index (χ4n) is 4.86. The number of aliphatic carboxylic acids is 1. The number of carboxylic acids is 1. The van der Waals surface area contributed by atoms with Crippen molar-refractivity contribution in [1.82, 2.24) is 14.8 Å². The monoisotopic (exact) mass is 445 g/mol. The molecule has 174 valence electrons. The Kier molecular flexibility index (Phi) is 7.31. The van der Waals surface area contributed by atoms with Crippen molar-refractivity contribution in [1.29, 1.82) is 0 Å². The highest BCUT2D eigenvalue weighted by Gasteiger charge is 2.54. The van der Waals surface area contributed by atoms with E-state index in [1.54, 1.807) is 0 Å². The topological polar surface area (TPSA) is 83.8 Å². The second kappa shape index (κ2) is 9.60. The number of carbonyl (C=O) groups is 2. The van der Waals surface area contributed by atoms with Gasteiger partial charge in [0.05, 0.1) is 5.60 Å². The summed E-state index contributed by atoms with van der Waals surface area (Å²) in [7, 11) is 1.90. The SMILES string of the molecule is Cn1cccc1C(=O)NCCC1CCOC12CN(C1CCCC1)C2.O=C(O)C(F)(F)F. The summed E-state index contributed by atoms with van der Waals surface area (Å²) in [6, 6.07) is 4.57. The second-order valence-corrected chi connectivity index (χ2v) is 8.59. The Morgan fingerprint density at radius 2 is 1.90 bits per heavy atom. The minimum atomic E-state index is -5.08. The average Bonchev–Trinajstić information content (AvgIpc) is 3.40. The van der Waals surface area contributed by atoms with Crippen molar-refractivity contribution in [3.8, 4) is 0 Å². The number of alkyl halides is 3. The zero-order valence-corrected chi connectivity index (χ0v) is 17.7. The van der Waals surface area contributed by atoms with E-state index in [4.69, 9.17) is 14.6 Å². The Balaban J connectivity index is 0.000000339. The van der Waals surface area contributed by atoms with Gasteiger partial charge in [-0.3, -0.25) is 9.69 Å². The van der Waals surface area contributed by atoms with E-state index < -0.39 is 12.1 Å². The highest BCUT2D eigenvalue weighted by Crippen LogP contribution is 2.44. The van der Waals surface area contributed by atoms with Crippen LogP contribution in [0.3, 0.4) is 0 Å². The van der Waals surface area contributed by atoms with Crippen LogP contribution in [0.1, 0.15) is 49.0 Å². The summed E-state index contributed by atoms with van der Waals surface area (Å²) in [5.41, 5.74) is 0.807. The molecule has 1 saturated carbocycles. The molecule has 1 atom stereocenters. The molecule has 2 aliphatic heterocycles. The number of nitrogens with one attached hydrogen (secondary N) is 1. The van der Waals surface area contributed by atoms with Gasteiger partial charge in [0, 0.05) is 45.5 Å². The summed E-state index contributed by atoms with van der Waals surface area (Å²) in [6.07, 6.45) is 4.50. The van der Waals surface area contributed by atoms with Crippen LogP contribution in [0.15, 0.2) is 18.3 Å². The highest BCUT2D eigenvalue weighted by atomic mass is 19.4. The van der Waals surface area contributed by atoms with Gasteiger partial charge in [-0.1, -0.05) is 12.8 Å². The van der Waals surface area contributed by atoms with Crippen LogP contribution in [0.2, 0.25) is 0 Å². The number of aryl methyl sites for hydroxylation is 1. The van der Waals surface area contributed by atoms with Crippen LogP contribution in [0.5, 0.6) is 0 Å². The van der Waals surface area contributed by atoms with E-state index >= 15 is 0 Å². The Labute approximate surface area is 179 Å². The third-order valence-electron chi connectivity index (χ3n) is 6.58. The van der Waals surface area contributed by atoms with E-state index in [1.807, 2.05) is 29.9 Å². The zero-order valence-electron chi connectivity index (χ0n) is 17.7. The fraction of sp³-hybridized carbons (Fsp3) is 0.714. The smallest absolute Gasteiger partial charge is 0.475 e. The first kappa shape index (κ1) is 23.6. The van der Waals surface area contributed by atoms with E-state index in [0.717, 1.165) is 50.8 Å². The van der Waals surface area contributed by atoms with Crippen LogP contribution in [-0.2, 0) is 16.6 Å². The first-order chi connectivity index (χ1) is 14.6. The number of amides is 1. The van der Waals surface area contributed by atoms with Gasteiger partial charge in [-0.15, -0.1) is 0 Å². The normalized spacial score (nSPS) is 23.3. The molecule has 2 N–H and O–H groups in total. The number of hydrogen-bond donors (Lipinski definition) is 2. The molecular weight excluding hydrogens is 415 g/mol. The summed E-state index contributed by atoms with van der Waals surface area (Å²) < 4.78 is 39.8. The predicted molar refractivity (Wildman–Crippen MR) is 107 cm³/mol. The molecule has 3 aliphatic rings. The number of rotatable bonds is 5. The Morgan fingerprint density at radius 1 is 1.26 bits per heavy atom. The number of carbonyl (C=O) groups excluding carboxylic acids is 1. The van der Waals surface area contributed by atoms with E-state index in [-0.39, 0.29) is 11.5 Å². The molecule has 31 heavy (non-hydrogen) atoms. The predicted octanol–water partition coefficient (Wildman–Crippen LogP) is 2.81. The first-order valence-corrected chi connectivity index (χ1v) is 10.7. The first-order valence-electron chi connectivity index (χ1n) is 10.7. The van der Waals surface area contributed by atoms with Crippen LogP contribution < -0.4 is 5.32 Å². The quantitative estimate of drug-likeness (QED) is 0.728. The molecule has 1 amide bonds. The molecule has 0 bridgehead atoms. The van der Waals surface area contributed by atoms with Crippen molar-refractivity contribution < 1.29 is 32.6 Å². The third-order valence-corrected chi connectivity index (χ3v) is 6.58. The molecule has 2 saturated heterocycles. The van der Waals surface area contributed by atoms with Crippen molar-refractivity contribution >= 4 is 11.9 Å². The standard InChI is InChI=1S/C19H29N3O2.C2HF3O2/c1-21-11-4-7-17(21)18(23)20-10-8-15-9-12-24-19(15)13-22(14-19)16-5-2-3-6-16;3-2(4,5)1(6)7/h4,7,11,15-16H,2-3,5-6,8-10,12-14H2,1H3,(H,20,23);(H,6,7). The van der Waals surface area contributed by atoms with Crippen molar-refractivity contribution in [2.24, 2.45) is 13.0 Å². The largest absolute Gasteiger partial charge is 0.490 e. The van der Waals surface area contributed by atoms with Crippen molar-refractivity contribution in [2.45, 2.75) is 56.3 Å². The van der Waals surface area contributed by atoms with Crippen LogP contribution >= 0.6 is 0 Å². The van der Waals surface area contributed by atoms with Crippen LogP contribution in [0.4, 0.5) is 13.2 Å². The van der Waals surface area contributed by atoms with Gasteiger partial charge in [0.2, 0.25) is 0 Å². The Hall–Kier alpha value is -2.07. The lowest BCUT2D eigenvalue weighted by Crippen LogP contribution is -2.66. The molecular formula is C21H30F3N3O4. The minimum Gasteiger partial charge on any atom is -0.475 e. The molecule has 1 aromatic heterocycles. The molecule has 3 fully saturated rings. The molecule has 0 radical (unpaired) electrons. The lowest BCUT2D eigenvalue weighted by Gasteiger charge is -2.53. The van der Waals surface area contributed by atoms with Crippen LogP contribution in [0, 0.1) is 5.92 Å². The summed E-state index contributed by atoms with van der Waals surface area (Å²) >= 11 is 0. The lowest BCUT2D eigenvalue weighted by molar-refractivity contribution is -0.192. The summed E-state index contributed by atoms with van der Waals surface area (Å²) in [6.45, 7) is 3.83. The Morgan fingerprint density at radius 3 is 2.45 bits per heavy atom. The van der Waals surface area contributed by atoms with E-state index in [2.05, 4.69) is 10.2 Å². The van der Waals surface area contributed by atoms with Crippen LogP contribution in [0.25, 0.3) is 0 Å². The number of carboxylic acid groups (broad SMARTS) is 1. The van der Waals surface area contributed by atoms with Crippen LogP contribution in [-0.4, -0.2) is 70.5 Å². The number of hydrogen-bond acceptors (Lipinski definition) is 4. The van der Waals surface area contributed by atoms with Gasteiger partial charge in [0.1, 0.15) is 5.69 Å². The molecule has 3 heterocycles. The molecule has 4 rings (SSSR count). The zero-order chi connectivity index (χ0) is 22.6. The van der Waals surface area contributed by atoms with Crippen molar-refractivity contribution in [3.63, 3.8) is 0 Å². The van der Waals surface area contributed by atoms with Crippen molar-refractivity contribution in [2.75, 3.05) is 26.2 Å². The van der Waals surface area contributed by atoms with Gasteiger partial charge in [-0.2, -0.15) is 13.2 Å². The maximum absolute atomic E-state index is 12.2. The summed E-state index contributed by atoms with van der Waals surface area (Å²) in [4.78, 5) is 23.7. The maximum atomic E-state index is 12.2. The molecule has 0 aromatic carbocycles. The number of likely N-dealkylation sites (tertiary alicyclic amines) is 1. The fourth-order valence-corrected chi connectivity index (χ4v) is 4.86. The van der Waals surface area contributed by atoms with E-state index in [0.29, 0.717) is 5.92 Å². The number of nitrogens with zero attached hydrogens (tertiary/aromatic N) is 2. The maximum Gasteiger partial charge on any atom is 0.490 e.